The number of esters is 1. The molecule has 0 amide bonds. The number of hydrogen-bond donors (Lipinski definition) is 0. The van der Waals surface area contributed by atoms with Gasteiger partial charge in [-0.05, 0) is 36.5 Å². The van der Waals surface area contributed by atoms with Crippen molar-refractivity contribution in [3.8, 4) is 5.75 Å². The zero-order chi connectivity index (χ0) is 15.7. The number of hydrogen-bond acceptors (Lipinski definition) is 4. The predicted octanol–water partition coefficient (Wildman–Crippen LogP) is 3.10. The summed E-state index contributed by atoms with van der Waals surface area (Å²) in [4.78, 5) is 23.7. The number of carbonyl (C=O) groups excluding carboxylic acids is 2. The summed E-state index contributed by atoms with van der Waals surface area (Å²) in [6.07, 6.45) is 2.38. The topological polar surface area (TPSA) is 52.6 Å². The maximum atomic E-state index is 12.2. The van der Waals surface area contributed by atoms with Gasteiger partial charge in [0.25, 0.3) is 0 Å². The molecule has 1 saturated carbocycles. The smallest absolute Gasteiger partial charge is 0.315 e. The SMILES string of the molecule is CC1(C)C(=O)CC1C(=O)Oc1ccc(C2CCOCC2)cc1. The third-order valence-corrected chi connectivity index (χ3v) is 5.06. The number of benzene rings is 1. The predicted molar refractivity (Wildman–Crippen MR) is 81.8 cm³/mol. The van der Waals surface area contributed by atoms with Crippen molar-refractivity contribution < 1.29 is 19.1 Å². The summed E-state index contributed by atoms with van der Waals surface area (Å²) in [6.45, 7) is 5.23. The zero-order valence-electron chi connectivity index (χ0n) is 13.1. The highest BCUT2D eigenvalue weighted by atomic mass is 16.5. The Morgan fingerprint density at radius 3 is 2.36 bits per heavy atom. The van der Waals surface area contributed by atoms with Crippen molar-refractivity contribution in [2.24, 2.45) is 11.3 Å². The van der Waals surface area contributed by atoms with Crippen LogP contribution in [-0.4, -0.2) is 25.0 Å². The molecule has 22 heavy (non-hydrogen) atoms. The Kier molecular flexibility index (Phi) is 4.04. The standard InChI is InChI=1S/C18H22O4/c1-18(2)15(11-16(18)19)17(20)22-14-5-3-12(4-6-14)13-7-9-21-10-8-13/h3-6,13,15H,7-11H2,1-2H3. The first-order valence-electron chi connectivity index (χ1n) is 7.91. The van der Waals surface area contributed by atoms with Gasteiger partial charge in [-0.15, -0.1) is 0 Å². The molecule has 0 spiro atoms. The van der Waals surface area contributed by atoms with Crippen LogP contribution in [0.3, 0.4) is 0 Å². The number of ketones is 1. The summed E-state index contributed by atoms with van der Waals surface area (Å²) in [6, 6.07) is 7.73. The van der Waals surface area contributed by atoms with Gasteiger partial charge in [0.2, 0.25) is 0 Å². The first kappa shape index (κ1) is 15.2. The maximum absolute atomic E-state index is 12.2. The molecule has 1 heterocycles. The Bertz CT molecular complexity index is 567. The molecule has 1 atom stereocenters. The highest BCUT2D eigenvalue weighted by Gasteiger charge is 2.52. The first-order chi connectivity index (χ1) is 10.5. The van der Waals surface area contributed by atoms with Gasteiger partial charge in [0.15, 0.2) is 0 Å². The molecule has 1 unspecified atom stereocenters. The lowest BCUT2D eigenvalue weighted by atomic mass is 9.61. The van der Waals surface area contributed by atoms with Crippen LogP contribution >= 0.6 is 0 Å². The lowest BCUT2D eigenvalue weighted by Gasteiger charge is -2.40. The van der Waals surface area contributed by atoms with Crippen LogP contribution in [0.15, 0.2) is 24.3 Å². The van der Waals surface area contributed by atoms with Crippen molar-refractivity contribution in [1.82, 2.24) is 0 Å². The third kappa shape index (κ3) is 2.80. The molecule has 0 radical (unpaired) electrons. The van der Waals surface area contributed by atoms with Crippen LogP contribution in [0, 0.1) is 11.3 Å². The molecule has 1 aromatic carbocycles. The van der Waals surface area contributed by atoms with E-state index in [1.807, 2.05) is 24.3 Å². The Morgan fingerprint density at radius 1 is 1.18 bits per heavy atom. The van der Waals surface area contributed by atoms with Gasteiger partial charge in [0.05, 0.1) is 5.92 Å². The Hall–Kier alpha value is -1.68. The molecular weight excluding hydrogens is 280 g/mol. The lowest BCUT2D eigenvalue weighted by Crippen LogP contribution is -2.50. The summed E-state index contributed by atoms with van der Waals surface area (Å²) in [5.41, 5.74) is 0.682. The molecule has 3 rings (SSSR count). The van der Waals surface area contributed by atoms with Gasteiger partial charge in [-0.3, -0.25) is 9.59 Å². The zero-order valence-corrected chi connectivity index (χ0v) is 13.1. The van der Waals surface area contributed by atoms with Crippen LogP contribution in [0.25, 0.3) is 0 Å². The maximum Gasteiger partial charge on any atom is 0.315 e. The van der Waals surface area contributed by atoms with Crippen LogP contribution in [0.4, 0.5) is 0 Å². The Balaban J connectivity index is 1.61. The van der Waals surface area contributed by atoms with Gasteiger partial charge in [-0.2, -0.15) is 0 Å². The normalized spacial score (nSPS) is 24.6. The Morgan fingerprint density at radius 2 is 1.82 bits per heavy atom. The molecule has 1 saturated heterocycles. The van der Waals surface area contributed by atoms with E-state index in [4.69, 9.17) is 9.47 Å². The molecule has 4 nitrogen and oxygen atoms in total. The van der Waals surface area contributed by atoms with E-state index < -0.39 is 5.41 Å². The highest BCUT2D eigenvalue weighted by molar-refractivity contribution is 5.99. The van der Waals surface area contributed by atoms with E-state index in [1.54, 1.807) is 13.8 Å². The van der Waals surface area contributed by atoms with E-state index in [0.717, 1.165) is 26.1 Å². The molecule has 1 aromatic rings. The van der Waals surface area contributed by atoms with Crippen molar-refractivity contribution in [1.29, 1.82) is 0 Å². The van der Waals surface area contributed by atoms with Gasteiger partial charge in [-0.1, -0.05) is 26.0 Å². The summed E-state index contributed by atoms with van der Waals surface area (Å²) >= 11 is 0. The summed E-state index contributed by atoms with van der Waals surface area (Å²) in [5, 5.41) is 0. The largest absolute Gasteiger partial charge is 0.426 e. The van der Waals surface area contributed by atoms with Gasteiger partial charge in [0.1, 0.15) is 11.5 Å². The van der Waals surface area contributed by atoms with E-state index in [-0.39, 0.29) is 17.7 Å². The number of carbonyl (C=O) groups is 2. The summed E-state index contributed by atoms with van der Waals surface area (Å²) < 4.78 is 10.8. The van der Waals surface area contributed by atoms with E-state index >= 15 is 0 Å². The van der Waals surface area contributed by atoms with Crippen molar-refractivity contribution in [3.05, 3.63) is 29.8 Å². The summed E-state index contributed by atoms with van der Waals surface area (Å²) in [7, 11) is 0. The fourth-order valence-electron chi connectivity index (χ4n) is 3.17. The third-order valence-electron chi connectivity index (χ3n) is 5.06. The molecule has 1 aliphatic carbocycles. The average molecular weight is 302 g/mol. The van der Waals surface area contributed by atoms with Crippen LogP contribution < -0.4 is 4.74 Å². The molecule has 0 N–H and O–H groups in total. The summed E-state index contributed by atoms with van der Waals surface area (Å²) in [5.74, 6) is 0.584. The van der Waals surface area contributed by atoms with E-state index in [1.165, 1.54) is 5.56 Å². The lowest BCUT2D eigenvalue weighted by molar-refractivity contribution is -0.160. The number of rotatable bonds is 3. The van der Waals surface area contributed by atoms with E-state index in [2.05, 4.69) is 0 Å². The molecule has 0 aromatic heterocycles. The van der Waals surface area contributed by atoms with Crippen LogP contribution in [0.2, 0.25) is 0 Å². The second kappa shape index (κ2) is 5.84. The molecule has 4 heteroatoms. The van der Waals surface area contributed by atoms with Crippen molar-refractivity contribution in [2.75, 3.05) is 13.2 Å². The Labute approximate surface area is 130 Å². The van der Waals surface area contributed by atoms with Crippen molar-refractivity contribution in [2.45, 2.75) is 39.0 Å². The fraction of sp³-hybridized carbons (Fsp3) is 0.556. The molecule has 118 valence electrons. The van der Waals surface area contributed by atoms with Gasteiger partial charge < -0.3 is 9.47 Å². The average Bonchev–Trinajstić information content (AvgIpc) is 2.54. The molecule has 2 aliphatic rings. The first-order valence-corrected chi connectivity index (χ1v) is 7.91. The van der Waals surface area contributed by atoms with Gasteiger partial charge in [-0.25, -0.2) is 0 Å². The minimum Gasteiger partial charge on any atom is -0.426 e. The van der Waals surface area contributed by atoms with E-state index in [0.29, 0.717) is 18.1 Å². The van der Waals surface area contributed by atoms with Crippen LogP contribution in [-0.2, 0) is 14.3 Å². The second-order valence-electron chi connectivity index (χ2n) is 6.78. The van der Waals surface area contributed by atoms with Crippen LogP contribution in [0.1, 0.15) is 44.6 Å². The minimum absolute atomic E-state index is 0.129. The molecule has 0 bridgehead atoms. The molecule has 1 aliphatic heterocycles. The molecular formula is C18H22O4. The van der Waals surface area contributed by atoms with Crippen LogP contribution in [0.5, 0.6) is 5.75 Å². The van der Waals surface area contributed by atoms with E-state index in [9.17, 15) is 9.59 Å². The fourth-order valence-corrected chi connectivity index (χ4v) is 3.17. The minimum atomic E-state index is -0.584. The second-order valence-corrected chi connectivity index (χ2v) is 6.78. The van der Waals surface area contributed by atoms with Crippen molar-refractivity contribution in [3.63, 3.8) is 0 Å². The van der Waals surface area contributed by atoms with Gasteiger partial charge >= 0.3 is 5.97 Å². The van der Waals surface area contributed by atoms with Crippen molar-refractivity contribution >= 4 is 11.8 Å². The monoisotopic (exact) mass is 302 g/mol. The number of Topliss-reactive ketones (excluding diaryl/α,β-unsaturated/α-hetero) is 1. The quantitative estimate of drug-likeness (QED) is 0.636. The highest BCUT2D eigenvalue weighted by Crippen LogP contribution is 2.43. The number of ether oxygens (including phenoxy) is 2. The van der Waals surface area contributed by atoms with Gasteiger partial charge in [0, 0.05) is 25.0 Å². The molecule has 2 fully saturated rings.